The van der Waals surface area contributed by atoms with Gasteiger partial charge in [-0.2, -0.15) is 0 Å². The lowest BCUT2D eigenvalue weighted by Crippen LogP contribution is -2.46. The number of rotatable bonds is 11. The zero-order valence-electron chi connectivity index (χ0n) is 18.3. The summed E-state index contributed by atoms with van der Waals surface area (Å²) in [5.41, 5.74) is 0.842. The summed E-state index contributed by atoms with van der Waals surface area (Å²) in [5, 5.41) is 0. The van der Waals surface area contributed by atoms with Crippen molar-refractivity contribution in [2.24, 2.45) is 0 Å². The summed E-state index contributed by atoms with van der Waals surface area (Å²) in [6.45, 7) is 3.06. The Labute approximate surface area is 171 Å². The van der Waals surface area contributed by atoms with Crippen molar-refractivity contribution >= 4 is 5.97 Å². The molecule has 1 saturated carbocycles. The van der Waals surface area contributed by atoms with Gasteiger partial charge in [0, 0.05) is 18.9 Å². The molecule has 0 N–H and O–H groups in total. The van der Waals surface area contributed by atoms with Gasteiger partial charge in [0.05, 0.1) is 7.11 Å². The molecule has 0 radical (unpaired) electrons. The number of methoxy groups -OCH3 is 1. The number of carbonyl (C=O) groups is 1. The highest BCUT2D eigenvalue weighted by Gasteiger charge is 2.44. The van der Waals surface area contributed by atoms with Crippen LogP contribution in [0.2, 0.25) is 0 Å². The van der Waals surface area contributed by atoms with Crippen molar-refractivity contribution in [1.82, 2.24) is 4.90 Å². The summed E-state index contributed by atoms with van der Waals surface area (Å²) in [7, 11) is 5.88. The van der Waals surface area contributed by atoms with Crippen molar-refractivity contribution in [3.63, 3.8) is 0 Å². The van der Waals surface area contributed by atoms with Gasteiger partial charge in [0.15, 0.2) is 0 Å². The van der Waals surface area contributed by atoms with Crippen LogP contribution in [0.1, 0.15) is 82.6 Å². The van der Waals surface area contributed by atoms with Crippen LogP contribution in [-0.2, 0) is 9.53 Å². The normalized spacial score (nSPS) is 17.3. The standard InChI is InChI=1S/C24H39NO3/c1-5-6-7-9-12-23(26)28-24(17-10-8-11-18-24)22(19-25(2)3)20-13-15-21(27-4)16-14-20/h13-16,22H,5-12,17-19H2,1-4H3. The van der Waals surface area contributed by atoms with Gasteiger partial charge in [-0.15, -0.1) is 0 Å². The Bertz CT molecular complexity index is 576. The number of benzene rings is 1. The molecule has 0 heterocycles. The number of carbonyl (C=O) groups excluding carboxylic acids is 1. The van der Waals surface area contributed by atoms with Gasteiger partial charge in [-0.3, -0.25) is 4.79 Å². The first-order chi connectivity index (χ1) is 13.5. The van der Waals surface area contributed by atoms with Gasteiger partial charge in [0.25, 0.3) is 0 Å². The highest BCUT2D eigenvalue weighted by atomic mass is 16.6. The monoisotopic (exact) mass is 389 g/mol. The summed E-state index contributed by atoms with van der Waals surface area (Å²) >= 11 is 0. The van der Waals surface area contributed by atoms with Gasteiger partial charge in [-0.25, -0.2) is 0 Å². The van der Waals surface area contributed by atoms with E-state index in [0.717, 1.165) is 50.8 Å². The molecule has 4 heteroatoms. The van der Waals surface area contributed by atoms with Crippen molar-refractivity contribution < 1.29 is 14.3 Å². The number of hydrogen-bond donors (Lipinski definition) is 0. The third-order valence-corrected chi connectivity index (χ3v) is 5.95. The second kappa shape index (κ2) is 11.5. The van der Waals surface area contributed by atoms with Gasteiger partial charge >= 0.3 is 5.97 Å². The smallest absolute Gasteiger partial charge is 0.306 e. The Hall–Kier alpha value is -1.55. The molecule has 1 aliphatic rings. The molecule has 1 fully saturated rings. The van der Waals surface area contributed by atoms with Crippen LogP contribution in [0, 0.1) is 0 Å². The average Bonchev–Trinajstić information content (AvgIpc) is 2.70. The molecule has 0 amide bonds. The van der Waals surface area contributed by atoms with Gasteiger partial charge < -0.3 is 14.4 Å². The minimum atomic E-state index is -0.390. The minimum absolute atomic E-state index is 0.0183. The fourth-order valence-corrected chi connectivity index (χ4v) is 4.42. The number of ether oxygens (including phenoxy) is 2. The first-order valence-electron chi connectivity index (χ1n) is 11.0. The van der Waals surface area contributed by atoms with Crippen LogP contribution in [-0.4, -0.2) is 44.2 Å². The van der Waals surface area contributed by atoms with Crippen molar-refractivity contribution in [2.75, 3.05) is 27.7 Å². The fraction of sp³-hybridized carbons (Fsp3) is 0.708. The van der Waals surface area contributed by atoms with E-state index in [2.05, 4.69) is 38.1 Å². The molecule has 1 aromatic carbocycles. The van der Waals surface area contributed by atoms with Crippen LogP contribution in [0.4, 0.5) is 0 Å². The SMILES string of the molecule is CCCCCCC(=O)OC1(C(CN(C)C)c2ccc(OC)cc2)CCCCC1. The summed E-state index contributed by atoms with van der Waals surface area (Å²) in [5.74, 6) is 1.02. The van der Waals surface area contributed by atoms with E-state index in [0.29, 0.717) is 6.42 Å². The quantitative estimate of drug-likeness (QED) is 0.367. The lowest BCUT2D eigenvalue weighted by atomic mass is 9.72. The zero-order valence-corrected chi connectivity index (χ0v) is 18.3. The molecule has 1 aliphatic carbocycles. The van der Waals surface area contributed by atoms with Crippen LogP contribution >= 0.6 is 0 Å². The largest absolute Gasteiger partial charge is 0.497 e. The fourth-order valence-electron chi connectivity index (χ4n) is 4.42. The van der Waals surface area contributed by atoms with Crippen molar-refractivity contribution in [1.29, 1.82) is 0 Å². The average molecular weight is 390 g/mol. The molecule has 28 heavy (non-hydrogen) atoms. The topological polar surface area (TPSA) is 38.8 Å². The number of unbranched alkanes of at least 4 members (excludes halogenated alkanes) is 3. The maximum atomic E-state index is 12.7. The molecule has 2 rings (SSSR count). The van der Waals surface area contributed by atoms with Crippen molar-refractivity contribution in [3.05, 3.63) is 29.8 Å². The second-order valence-electron chi connectivity index (χ2n) is 8.50. The molecular formula is C24H39NO3. The molecule has 0 aromatic heterocycles. The lowest BCUT2D eigenvalue weighted by molar-refractivity contribution is -0.167. The Morgan fingerprint density at radius 3 is 2.32 bits per heavy atom. The van der Waals surface area contributed by atoms with Crippen LogP contribution in [0.15, 0.2) is 24.3 Å². The number of esters is 1. The maximum absolute atomic E-state index is 12.7. The molecule has 1 aromatic rings. The van der Waals surface area contributed by atoms with E-state index in [4.69, 9.17) is 9.47 Å². The molecule has 0 aliphatic heterocycles. The third kappa shape index (κ3) is 6.51. The van der Waals surface area contributed by atoms with E-state index in [-0.39, 0.29) is 17.5 Å². The Morgan fingerprint density at radius 1 is 1.07 bits per heavy atom. The Morgan fingerprint density at radius 2 is 1.75 bits per heavy atom. The highest BCUT2D eigenvalue weighted by Crippen LogP contribution is 2.44. The first-order valence-corrected chi connectivity index (χ1v) is 11.0. The molecule has 1 unspecified atom stereocenters. The van der Waals surface area contributed by atoms with Gasteiger partial charge in [0.2, 0.25) is 0 Å². The second-order valence-corrected chi connectivity index (χ2v) is 8.50. The Kier molecular flexibility index (Phi) is 9.30. The summed E-state index contributed by atoms with van der Waals surface area (Å²) in [6.07, 6.45) is 10.4. The van der Waals surface area contributed by atoms with Crippen molar-refractivity contribution in [3.8, 4) is 5.75 Å². The predicted octanol–water partition coefficient (Wildman–Crippen LogP) is 5.56. The van der Waals surface area contributed by atoms with E-state index in [1.54, 1.807) is 7.11 Å². The number of nitrogens with zero attached hydrogens (tertiary/aromatic N) is 1. The number of hydrogen-bond acceptors (Lipinski definition) is 4. The molecule has 1 atom stereocenters. The summed E-state index contributed by atoms with van der Waals surface area (Å²) < 4.78 is 11.7. The zero-order chi connectivity index (χ0) is 20.4. The summed E-state index contributed by atoms with van der Waals surface area (Å²) in [6, 6.07) is 8.30. The molecule has 0 spiro atoms. The first kappa shape index (κ1) is 22.7. The van der Waals surface area contributed by atoms with E-state index in [9.17, 15) is 4.79 Å². The van der Waals surface area contributed by atoms with Gasteiger partial charge in [0.1, 0.15) is 11.4 Å². The molecule has 158 valence electrons. The highest BCUT2D eigenvalue weighted by molar-refractivity contribution is 5.70. The number of likely N-dealkylation sites (N-methyl/N-ethyl adjacent to an activating group) is 1. The van der Waals surface area contributed by atoms with Crippen LogP contribution in [0.5, 0.6) is 5.75 Å². The Balaban J connectivity index is 2.22. The minimum Gasteiger partial charge on any atom is -0.497 e. The van der Waals surface area contributed by atoms with E-state index in [1.165, 1.54) is 24.8 Å². The van der Waals surface area contributed by atoms with Crippen molar-refractivity contribution in [2.45, 2.75) is 82.7 Å². The molecular weight excluding hydrogens is 350 g/mol. The predicted molar refractivity (Wildman–Crippen MR) is 115 cm³/mol. The third-order valence-electron chi connectivity index (χ3n) is 5.95. The van der Waals surface area contributed by atoms with Gasteiger partial charge in [-0.1, -0.05) is 44.7 Å². The summed E-state index contributed by atoms with van der Waals surface area (Å²) in [4.78, 5) is 15.0. The molecule has 0 bridgehead atoms. The van der Waals surface area contributed by atoms with Crippen LogP contribution < -0.4 is 4.74 Å². The van der Waals surface area contributed by atoms with E-state index >= 15 is 0 Å². The van der Waals surface area contributed by atoms with E-state index < -0.39 is 0 Å². The van der Waals surface area contributed by atoms with Gasteiger partial charge in [-0.05, 0) is 63.9 Å². The van der Waals surface area contributed by atoms with Crippen LogP contribution in [0.25, 0.3) is 0 Å². The van der Waals surface area contributed by atoms with E-state index in [1.807, 2.05) is 12.1 Å². The molecule has 0 saturated heterocycles. The maximum Gasteiger partial charge on any atom is 0.306 e. The lowest BCUT2D eigenvalue weighted by Gasteiger charge is -2.44. The van der Waals surface area contributed by atoms with Crippen LogP contribution in [0.3, 0.4) is 0 Å². The molecule has 4 nitrogen and oxygen atoms in total.